The third-order valence-corrected chi connectivity index (χ3v) is 5.47. The molecule has 0 saturated carbocycles. The van der Waals surface area contributed by atoms with Crippen molar-refractivity contribution < 1.29 is 61.9 Å². The maximum absolute atomic E-state index is 8.57. The summed E-state index contributed by atoms with van der Waals surface area (Å²) < 4.78 is 65.1. The van der Waals surface area contributed by atoms with Gasteiger partial charge in [-0.1, -0.05) is 26.2 Å². The highest BCUT2D eigenvalue weighted by molar-refractivity contribution is 4.41. The molecule has 0 aromatic heterocycles. The van der Waals surface area contributed by atoms with E-state index in [0.29, 0.717) is 152 Å². The third-order valence-electron chi connectivity index (χ3n) is 5.47. The first-order chi connectivity index (χ1) is 21.4. The van der Waals surface area contributed by atoms with E-state index in [9.17, 15) is 0 Å². The van der Waals surface area contributed by atoms with Crippen LogP contribution in [0.4, 0.5) is 0 Å². The number of ether oxygens (including phenoxy) is 12. The second kappa shape index (κ2) is 41.5. The third kappa shape index (κ3) is 41.5. The summed E-state index contributed by atoms with van der Waals surface area (Å²) in [5.74, 6) is 0. The van der Waals surface area contributed by atoms with Crippen molar-refractivity contribution in [3.05, 3.63) is 0 Å². The second-order valence-corrected chi connectivity index (χ2v) is 9.13. The van der Waals surface area contributed by atoms with Gasteiger partial charge in [-0.25, -0.2) is 0 Å². The summed E-state index contributed by atoms with van der Waals surface area (Å²) >= 11 is 0. The smallest absolute Gasteiger partial charge is 0.0701 e. The number of aliphatic hydroxyl groups is 1. The number of hydrogen-bond donors (Lipinski definition) is 1. The predicted octanol–water partition coefficient (Wildman–Crippen LogP) is 1.76. The van der Waals surface area contributed by atoms with Crippen LogP contribution in [0.5, 0.6) is 0 Å². The summed E-state index contributed by atoms with van der Waals surface area (Å²) in [7, 11) is 0. The highest BCUT2D eigenvalue weighted by atomic mass is 16.6. The fourth-order valence-electron chi connectivity index (χ4n) is 3.22. The summed E-state index contributed by atoms with van der Waals surface area (Å²) in [4.78, 5) is 0. The molecular weight excluding hydrogens is 568 g/mol. The van der Waals surface area contributed by atoms with Crippen molar-refractivity contribution in [1.29, 1.82) is 0 Å². The standard InChI is InChI=1S/C30H62O13/c1-2-3-4-5-7-32-9-11-34-13-15-36-17-19-38-21-23-40-25-27-42-29-30-43-28-26-41-24-22-39-20-18-37-16-14-35-12-10-33-8-6-31/h31H,2-30H2,1H3. The van der Waals surface area contributed by atoms with Crippen molar-refractivity contribution in [1.82, 2.24) is 0 Å². The molecule has 0 amide bonds. The average Bonchev–Trinajstić information content (AvgIpc) is 3.02. The van der Waals surface area contributed by atoms with Gasteiger partial charge in [-0.15, -0.1) is 0 Å². The maximum atomic E-state index is 8.57. The zero-order valence-corrected chi connectivity index (χ0v) is 26.9. The van der Waals surface area contributed by atoms with Crippen LogP contribution in [-0.4, -0.2) is 170 Å². The van der Waals surface area contributed by atoms with Crippen LogP contribution in [0.3, 0.4) is 0 Å². The van der Waals surface area contributed by atoms with Gasteiger partial charge < -0.3 is 61.9 Å². The summed E-state index contributed by atoms with van der Waals surface area (Å²) in [6.07, 6.45) is 4.89. The number of rotatable bonds is 40. The van der Waals surface area contributed by atoms with Gasteiger partial charge in [0, 0.05) is 6.61 Å². The van der Waals surface area contributed by atoms with Crippen molar-refractivity contribution in [2.45, 2.75) is 32.6 Å². The summed E-state index contributed by atoms with van der Waals surface area (Å²) in [5, 5.41) is 8.57. The molecule has 0 aromatic rings. The Morgan fingerprint density at radius 3 is 0.674 bits per heavy atom. The molecule has 0 radical (unpaired) electrons. The van der Waals surface area contributed by atoms with Crippen molar-refractivity contribution in [2.75, 3.05) is 165 Å². The van der Waals surface area contributed by atoms with Gasteiger partial charge in [-0.3, -0.25) is 0 Å². The summed E-state index contributed by atoms with van der Waals surface area (Å²) in [6.45, 7) is 15.0. The Labute approximate surface area is 259 Å². The Hall–Kier alpha value is -0.520. The van der Waals surface area contributed by atoms with Gasteiger partial charge in [-0.05, 0) is 6.42 Å². The lowest BCUT2D eigenvalue weighted by Gasteiger charge is -2.09. The zero-order valence-electron chi connectivity index (χ0n) is 26.9. The number of unbranched alkanes of at least 4 members (excludes halogenated alkanes) is 3. The Bertz CT molecular complexity index is 437. The lowest BCUT2D eigenvalue weighted by Crippen LogP contribution is -2.15. The minimum absolute atomic E-state index is 0.0269. The summed E-state index contributed by atoms with van der Waals surface area (Å²) in [5.41, 5.74) is 0. The first-order valence-corrected chi connectivity index (χ1v) is 16.0. The normalized spacial score (nSPS) is 11.6. The first-order valence-electron chi connectivity index (χ1n) is 16.0. The molecule has 43 heavy (non-hydrogen) atoms. The SMILES string of the molecule is CCCCCCOCCOCCOCCOCCOCCOCCOCCOCCOCCOCCOCCOCCO. The first kappa shape index (κ1) is 42.5. The molecule has 0 aromatic carbocycles. The monoisotopic (exact) mass is 630 g/mol. The van der Waals surface area contributed by atoms with E-state index in [1.165, 1.54) is 19.3 Å². The van der Waals surface area contributed by atoms with Crippen molar-refractivity contribution >= 4 is 0 Å². The van der Waals surface area contributed by atoms with E-state index in [-0.39, 0.29) is 6.61 Å². The van der Waals surface area contributed by atoms with E-state index >= 15 is 0 Å². The highest BCUT2D eigenvalue weighted by Gasteiger charge is 1.97. The quantitative estimate of drug-likeness (QED) is 0.0988. The summed E-state index contributed by atoms with van der Waals surface area (Å²) in [6, 6.07) is 0. The average molecular weight is 631 g/mol. The van der Waals surface area contributed by atoms with Crippen LogP contribution >= 0.6 is 0 Å². The molecule has 0 atom stereocenters. The molecule has 0 saturated heterocycles. The lowest BCUT2D eigenvalue weighted by molar-refractivity contribution is -0.0286. The fraction of sp³-hybridized carbons (Fsp3) is 1.00. The minimum Gasteiger partial charge on any atom is -0.394 e. The Kier molecular flexibility index (Phi) is 41.0. The van der Waals surface area contributed by atoms with Gasteiger partial charge in [-0.2, -0.15) is 0 Å². The predicted molar refractivity (Wildman–Crippen MR) is 161 cm³/mol. The van der Waals surface area contributed by atoms with E-state index in [0.717, 1.165) is 13.0 Å². The topological polar surface area (TPSA) is 131 Å². The molecule has 0 aliphatic carbocycles. The molecule has 0 heterocycles. The van der Waals surface area contributed by atoms with Crippen molar-refractivity contribution in [3.63, 3.8) is 0 Å². The van der Waals surface area contributed by atoms with Crippen molar-refractivity contribution in [3.8, 4) is 0 Å². The Balaban J connectivity index is 3.02. The molecule has 0 spiro atoms. The molecular formula is C30H62O13. The highest BCUT2D eigenvalue weighted by Crippen LogP contribution is 1.98. The van der Waals surface area contributed by atoms with Crippen LogP contribution < -0.4 is 0 Å². The Morgan fingerprint density at radius 2 is 0.465 bits per heavy atom. The molecule has 260 valence electrons. The van der Waals surface area contributed by atoms with Crippen molar-refractivity contribution in [2.24, 2.45) is 0 Å². The van der Waals surface area contributed by atoms with Crippen LogP contribution in [0.25, 0.3) is 0 Å². The number of aliphatic hydroxyl groups excluding tert-OH is 1. The molecule has 0 fully saturated rings. The molecule has 0 aliphatic rings. The number of hydrogen-bond acceptors (Lipinski definition) is 13. The molecule has 0 rings (SSSR count). The zero-order chi connectivity index (χ0) is 31.0. The molecule has 0 unspecified atom stereocenters. The fourth-order valence-corrected chi connectivity index (χ4v) is 3.22. The lowest BCUT2D eigenvalue weighted by atomic mass is 10.2. The molecule has 13 nitrogen and oxygen atoms in total. The molecule has 0 bridgehead atoms. The van der Waals surface area contributed by atoms with Crippen LogP contribution in [0.15, 0.2) is 0 Å². The maximum Gasteiger partial charge on any atom is 0.0701 e. The molecule has 0 aliphatic heterocycles. The van der Waals surface area contributed by atoms with E-state index in [2.05, 4.69) is 6.92 Å². The second-order valence-electron chi connectivity index (χ2n) is 9.13. The minimum atomic E-state index is 0.0269. The van der Waals surface area contributed by atoms with Gasteiger partial charge in [0.2, 0.25) is 0 Å². The van der Waals surface area contributed by atoms with E-state index in [1.54, 1.807) is 0 Å². The van der Waals surface area contributed by atoms with Gasteiger partial charge in [0.25, 0.3) is 0 Å². The Morgan fingerprint density at radius 1 is 0.256 bits per heavy atom. The van der Waals surface area contributed by atoms with Gasteiger partial charge in [0.1, 0.15) is 0 Å². The van der Waals surface area contributed by atoms with Gasteiger partial charge in [0.15, 0.2) is 0 Å². The van der Waals surface area contributed by atoms with E-state index < -0.39 is 0 Å². The van der Waals surface area contributed by atoms with Crippen LogP contribution in [0, 0.1) is 0 Å². The van der Waals surface area contributed by atoms with Gasteiger partial charge >= 0.3 is 0 Å². The van der Waals surface area contributed by atoms with E-state index in [1.807, 2.05) is 0 Å². The van der Waals surface area contributed by atoms with E-state index in [4.69, 9.17) is 61.9 Å². The van der Waals surface area contributed by atoms with Crippen LogP contribution in [0.2, 0.25) is 0 Å². The molecule has 1 N–H and O–H groups in total. The largest absolute Gasteiger partial charge is 0.394 e. The van der Waals surface area contributed by atoms with Crippen LogP contribution in [0.1, 0.15) is 32.6 Å². The van der Waals surface area contributed by atoms with Gasteiger partial charge in [0.05, 0.1) is 159 Å². The molecule has 13 heteroatoms. The van der Waals surface area contributed by atoms with Crippen LogP contribution in [-0.2, 0) is 56.8 Å².